The molecule has 2 aromatic rings. The van der Waals surface area contributed by atoms with Crippen LogP contribution < -0.4 is 20.7 Å². The van der Waals surface area contributed by atoms with Crippen molar-refractivity contribution < 1.29 is 19.1 Å². The Balaban J connectivity index is 1.91. The van der Waals surface area contributed by atoms with Crippen LogP contribution in [0.2, 0.25) is 0 Å². The zero-order valence-electron chi connectivity index (χ0n) is 18.1. The third-order valence-electron chi connectivity index (χ3n) is 4.31. The molecule has 8 heteroatoms. The summed E-state index contributed by atoms with van der Waals surface area (Å²) in [5.41, 5.74) is 1.59. The van der Waals surface area contributed by atoms with Gasteiger partial charge >= 0.3 is 0 Å². The van der Waals surface area contributed by atoms with E-state index in [1.54, 1.807) is 49.6 Å². The fraction of sp³-hybridized carbons (Fsp3) is 0.348. The highest BCUT2D eigenvalue weighted by Crippen LogP contribution is 2.19. The molecule has 0 saturated heterocycles. The first-order chi connectivity index (χ1) is 14.9. The third-order valence-corrected chi connectivity index (χ3v) is 4.51. The number of para-hydroxylation sites is 1. The average molecular weight is 444 g/mol. The van der Waals surface area contributed by atoms with Crippen molar-refractivity contribution >= 4 is 34.8 Å². The number of ether oxygens (including phenoxy) is 2. The molecule has 2 rings (SSSR count). The molecule has 166 valence electrons. The number of nitrogens with one attached hydrogen (secondary N) is 3. The van der Waals surface area contributed by atoms with E-state index in [1.807, 2.05) is 6.07 Å². The molecule has 2 amide bonds. The Labute approximate surface area is 188 Å². The Hall–Kier alpha value is -2.97. The zero-order valence-corrected chi connectivity index (χ0v) is 18.9. The van der Waals surface area contributed by atoms with Crippen molar-refractivity contribution in [2.24, 2.45) is 5.92 Å². The summed E-state index contributed by atoms with van der Waals surface area (Å²) in [6.07, 6.45) is 0.899. The monoisotopic (exact) mass is 443 g/mol. The quantitative estimate of drug-likeness (QED) is 0.384. The van der Waals surface area contributed by atoms with Gasteiger partial charge in [-0.15, -0.1) is 0 Å². The predicted molar refractivity (Wildman–Crippen MR) is 126 cm³/mol. The maximum atomic E-state index is 12.7. The average Bonchev–Trinajstić information content (AvgIpc) is 2.74. The van der Waals surface area contributed by atoms with E-state index in [9.17, 15) is 9.59 Å². The van der Waals surface area contributed by atoms with Crippen molar-refractivity contribution in [1.29, 1.82) is 0 Å². The summed E-state index contributed by atoms with van der Waals surface area (Å²) in [5.74, 6) is 0.494. The number of hydrogen-bond donors (Lipinski definition) is 3. The van der Waals surface area contributed by atoms with E-state index in [-0.39, 0.29) is 16.9 Å². The summed E-state index contributed by atoms with van der Waals surface area (Å²) >= 11 is 5.26. The largest absolute Gasteiger partial charge is 0.493 e. The van der Waals surface area contributed by atoms with E-state index in [2.05, 4.69) is 29.8 Å². The number of amides is 2. The number of thiocarbonyl (C=S) groups is 1. The van der Waals surface area contributed by atoms with Gasteiger partial charge in [0.05, 0.1) is 18.8 Å². The van der Waals surface area contributed by atoms with Crippen LogP contribution in [0.15, 0.2) is 48.5 Å². The summed E-state index contributed by atoms with van der Waals surface area (Å²) < 4.78 is 10.7. The van der Waals surface area contributed by atoms with Crippen LogP contribution in [-0.4, -0.2) is 43.8 Å². The normalized spacial score (nSPS) is 10.5. The van der Waals surface area contributed by atoms with Gasteiger partial charge in [-0.25, -0.2) is 0 Å². The van der Waals surface area contributed by atoms with E-state index < -0.39 is 0 Å². The van der Waals surface area contributed by atoms with Crippen LogP contribution >= 0.6 is 12.2 Å². The van der Waals surface area contributed by atoms with Crippen LogP contribution in [0.3, 0.4) is 0 Å². The number of carbonyl (C=O) groups excluding carboxylic acids is 2. The molecule has 2 aromatic carbocycles. The molecule has 0 radical (unpaired) electrons. The first-order valence-electron chi connectivity index (χ1n) is 10.1. The van der Waals surface area contributed by atoms with E-state index >= 15 is 0 Å². The number of benzene rings is 2. The molecule has 0 aliphatic carbocycles. The van der Waals surface area contributed by atoms with Crippen molar-refractivity contribution in [3.05, 3.63) is 59.7 Å². The molecule has 0 bridgehead atoms. The molecule has 0 aromatic heterocycles. The minimum atomic E-state index is -0.355. The van der Waals surface area contributed by atoms with Crippen LogP contribution in [0, 0.1) is 5.92 Å². The number of anilines is 1. The minimum absolute atomic E-state index is 0.152. The van der Waals surface area contributed by atoms with E-state index in [0.717, 1.165) is 6.42 Å². The van der Waals surface area contributed by atoms with Crippen molar-refractivity contribution in [2.75, 3.05) is 32.2 Å². The van der Waals surface area contributed by atoms with E-state index in [4.69, 9.17) is 21.7 Å². The third kappa shape index (κ3) is 8.35. The first-order valence-corrected chi connectivity index (χ1v) is 10.5. The molecule has 0 aliphatic rings. The molecule has 3 N–H and O–H groups in total. The molecule has 0 unspecified atom stereocenters. The Morgan fingerprint density at radius 2 is 1.71 bits per heavy atom. The van der Waals surface area contributed by atoms with Gasteiger partial charge in [0.1, 0.15) is 5.75 Å². The zero-order chi connectivity index (χ0) is 22.6. The lowest BCUT2D eigenvalue weighted by Gasteiger charge is -2.14. The van der Waals surface area contributed by atoms with Gasteiger partial charge in [0.2, 0.25) is 0 Å². The number of hydrogen-bond acceptors (Lipinski definition) is 5. The van der Waals surface area contributed by atoms with Gasteiger partial charge in [0.15, 0.2) is 5.11 Å². The molecule has 0 atom stereocenters. The lowest BCUT2D eigenvalue weighted by Crippen LogP contribution is -2.34. The minimum Gasteiger partial charge on any atom is -0.493 e. The summed E-state index contributed by atoms with van der Waals surface area (Å²) in [4.78, 5) is 24.7. The van der Waals surface area contributed by atoms with Gasteiger partial charge in [-0.1, -0.05) is 26.0 Å². The van der Waals surface area contributed by atoms with Crippen LogP contribution in [0.5, 0.6) is 5.75 Å². The Morgan fingerprint density at radius 3 is 2.39 bits per heavy atom. The fourth-order valence-corrected chi connectivity index (χ4v) is 2.80. The summed E-state index contributed by atoms with van der Waals surface area (Å²) in [7, 11) is 1.58. The second-order valence-electron chi connectivity index (χ2n) is 7.26. The summed E-state index contributed by atoms with van der Waals surface area (Å²) in [6, 6.07) is 13.8. The molecule has 0 aliphatic heterocycles. The Bertz CT molecular complexity index is 885. The van der Waals surface area contributed by atoms with Crippen molar-refractivity contribution in [1.82, 2.24) is 10.6 Å². The van der Waals surface area contributed by atoms with Gasteiger partial charge in [-0.2, -0.15) is 0 Å². The lowest BCUT2D eigenvalue weighted by atomic mass is 10.1. The van der Waals surface area contributed by atoms with Gasteiger partial charge in [-0.3, -0.25) is 14.9 Å². The van der Waals surface area contributed by atoms with E-state index in [1.165, 1.54) is 0 Å². The molecule has 0 heterocycles. The lowest BCUT2D eigenvalue weighted by molar-refractivity contribution is 0.0935. The fourth-order valence-electron chi connectivity index (χ4n) is 2.59. The smallest absolute Gasteiger partial charge is 0.261 e. The molecule has 0 saturated carbocycles. The Kier molecular flexibility index (Phi) is 9.93. The topological polar surface area (TPSA) is 88.7 Å². The molecule has 7 nitrogen and oxygen atoms in total. The molecule has 0 spiro atoms. The van der Waals surface area contributed by atoms with Crippen LogP contribution in [-0.2, 0) is 4.74 Å². The second kappa shape index (κ2) is 12.7. The highest BCUT2D eigenvalue weighted by atomic mass is 32.1. The van der Waals surface area contributed by atoms with Gasteiger partial charge < -0.3 is 20.1 Å². The van der Waals surface area contributed by atoms with Crippen LogP contribution in [0.4, 0.5) is 5.69 Å². The number of carbonyl (C=O) groups is 2. The highest BCUT2D eigenvalue weighted by Gasteiger charge is 2.14. The standard InChI is InChI=1S/C23H29N3O4S/c1-16(2)12-14-30-20-7-5-4-6-19(20)22(28)26-23(31)25-18-10-8-17(9-11-18)21(27)24-13-15-29-3/h4-11,16H,12-15H2,1-3H3,(H,24,27)(H2,25,26,28,31). The molecular formula is C23H29N3O4S. The molecular weight excluding hydrogens is 414 g/mol. The van der Waals surface area contributed by atoms with Crippen molar-refractivity contribution in [2.45, 2.75) is 20.3 Å². The second-order valence-corrected chi connectivity index (χ2v) is 7.67. The van der Waals surface area contributed by atoms with E-state index in [0.29, 0.717) is 48.2 Å². The van der Waals surface area contributed by atoms with Gasteiger partial charge in [0, 0.05) is 24.9 Å². The summed E-state index contributed by atoms with van der Waals surface area (Å²) in [6.45, 7) is 5.66. The highest BCUT2D eigenvalue weighted by molar-refractivity contribution is 7.80. The maximum absolute atomic E-state index is 12.7. The van der Waals surface area contributed by atoms with Gasteiger partial charge in [-0.05, 0) is 61.0 Å². The van der Waals surface area contributed by atoms with Crippen molar-refractivity contribution in [3.63, 3.8) is 0 Å². The Morgan fingerprint density at radius 1 is 1.00 bits per heavy atom. The number of rotatable bonds is 10. The van der Waals surface area contributed by atoms with Crippen LogP contribution in [0.1, 0.15) is 41.0 Å². The maximum Gasteiger partial charge on any atom is 0.261 e. The molecule has 31 heavy (non-hydrogen) atoms. The van der Waals surface area contributed by atoms with Crippen molar-refractivity contribution in [3.8, 4) is 5.75 Å². The predicted octanol–water partition coefficient (Wildman–Crippen LogP) is 3.61. The SMILES string of the molecule is COCCNC(=O)c1ccc(NC(=S)NC(=O)c2ccccc2OCCC(C)C)cc1. The van der Waals surface area contributed by atoms with Crippen LogP contribution in [0.25, 0.3) is 0 Å². The summed E-state index contributed by atoms with van der Waals surface area (Å²) in [5, 5.41) is 8.51. The first kappa shape index (κ1) is 24.3. The van der Waals surface area contributed by atoms with Gasteiger partial charge in [0.25, 0.3) is 11.8 Å². The molecule has 0 fully saturated rings. The number of methoxy groups -OCH3 is 1.